The number of ether oxygens (including phenoxy) is 1. The van der Waals surface area contributed by atoms with Crippen LogP contribution in [0.1, 0.15) is 38.5 Å². The summed E-state index contributed by atoms with van der Waals surface area (Å²) in [6.45, 7) is 0.701. The van der Waals surface area contributed by atoms with Crippen molar-refractivity contribution in [3.05, 3.63) is 34.1 Å². The number of fused-ring (bicyclic) bond motifs is 1. The SMILES string of the molecule is O=c1c2ccsc2ccn1CC1CCC2(CCCC2)O1. The molecule has 2 aliphatic rings. The van der Waals surface area contributed by atoms with E-state index in [9.17, 15) is 4.79 Å². The lowest BCUT2D eigenvalue weighted by Crippen LogP contribution is -2.29. The molecule has 1 saturated heterocycles. The molecule has 1 unspecified atom stereocenters. The van der Waals surface area contributed by atoms with Gasteiger partial charge in [0.05, 0.1) is 23.6 Å². The molecule has 1 spiro atoms. The average Bonchev–Trinajstić information content (AvgIpc) is 3.16. The summed E-state index contributed by atoms with van der Waals surface area (Å²) in [7, 11) is 0. The van der Waals surface area contributed by atoms with Crippen LogP contribution in [0.5, 0.6) is 0 Å². The first-order valence-corrected chi connectivity index (χ1v) is 8.38. The van der Waals surface area contributed by atoms with Gasteiger partial charge in [0.25, 0.3) is 5.56 Å². The normalized spacial score (nSPS) is 24.9. The first-order chi connectivity index (χ1) is 9.76. The molecule has 1 aliphatic heterocycles. The van der Waals surface area contributed by atoms with E-state index in [1.807, 2.05) is 28.3 Å². The predicted molar refractivity (Wildman–Crippen MR) is 81.4 cm³/mol. The highest BCUT2D eigenvalue weighted by Gasteiger charge is 2.42. The zero-order chi connectivity index (χ0) is 13.6. The van der Waals surface area contributed by atoms with Crippen molar-refractivity contribution in [2.75, 3.05) is 0 Å². The van der Waals surface area contributed by atoms with E-state index < -0.39 is 0 Å². The molecule has 106 valence electrons. The minimum atomic E-state index is 0.125. The van der Waals surface area contributed by atoms with Crippen LogP contribution in [0.4, 0.5) is 0 Å². The Morgan fingerprint density at radius 1 is 1.30 bits per heavy atom. The fraction of sp³-hybridized carbons (Fsp3) is 0.562. The Balaban J connectivity index is 1.56. The Hall–Kier alpha value is -1.13. The fourth-order valence-electron chi connectivity index (χ4n) is 3.78. The van der Waals surface area contributed by atoms with Crippen molar-refractivity contribution in [1.29, 1.82) is 0 Å². The third kappa shape index (κ3) is 2.02. The number of hydrogen-bond acceptors (Lipinski definition) is 3. The Morgan fingerprint density at radius 2 is 2.15 bits per heavy atom. The molecule has 4 rings (SSSR count). The molecule has 3 nitrogen and oxygen atoms in total. The maximum atomic E-state index is 12.4. The zero-order valence-corrected chi connectivity index (χ0v) is 12.3. The van der Waals surface area contributed by atoms with Crippen molar-refractivity contribution in [3.63, 3.8) is 0 Å². The van der Waals surface area contributed by atoms with Crippen molar-refractivity contribution < 1.29 is 4.74 Å². The minimum Gasteiger partial charge on any atom is -0.370 e. The molecule has 4 heteroatoms. The molecule has 3 heterocycles. The monoisotopic (exact) mass is 289 g/mol. The summed E-state index contributed by atoms with van der Waals surface area (Å²) in [4.78, 5) is 12.4. The first kappa shape index (κ1) is 12.6. The average molecular weight is 289 g/mol. The van der Waals surface area contributed by atoms with Crippen LogP contribution in [0.15, 0.2) is 28.5 Å². The van der Waals surface area contributed by atoms with Gasteiger partial charge >= 0.3 is 0 Å². The zero-order valence-electron chi connectivity index (χ0n) is 11.5. The molecule has 1 saturated carbocycles. The molecule has 2 aromatic heterocycles. The van der Waals surface area contributed by atoms with Crippen LogP contribution in [0.2, 0.25) is 0 Å². The number of pyridine rings is 1. The van der Waals surface area contributed by atoms with Gasteiger partial charge in [-0.05, 0) is 43.2 Å². The van der Waals surface area contributed by atoms with E-state index >= 15 is 0 Å². The summed E-state index contributed by atoms with van der Waals surface area (Å²) in [5.41, 5.74) is 0.278. The molecule has 1 atom stereocenters. The van der Waals surface area contributed by atoms with Crippen molar-refractivity contribution in [2.45, 2.75) is 56.8 Å². The highest BCUT2D eigenvalue weighted by Crippen LogP contribution is 2.43. The maximum absolute atomic E-state index is 12.4. The molecule has 0 aromatic carbocycles. The Labute approximate surface area is 122 Å². The van der Waals surface area contributed by atoms with Crippen molar-refractivity contribution >= 4 is 21.4 Å². The largest absolute Gasteiger partial charge is 0.370 e. The van der Waals surface area contributed by atoms with Crippen LogP contribution in [0.25, 0.3) is 10.1 Å². The number of rotatable bonds is 2. The van der Waals surface area contributed by atoms with E-state index in [0.717, 1.165) is 16.5 Å². The second kappa shape index (κ2) is 4.71. The van der Waals surface area contributed by atoms with E-state index in [-0.39, 0.29) is 17.3 Å². The summed E-state index contributed by atoms with van der Waals surface area (Å²) >= 11 is 1.62. The minimum absolute atomic E-state index is 0.125. The lowest BCUT2D eigenvalue weighted by molar-refractivity contribution is -0.0420. The van der Waals surface area contributed by atoms with Gasteiger partial charge in [-0.15, -0.1) is 11.3 Å². The molecule has 2 aromatic rings. The lowest BCUT2D eigenvalue weighted by Gasteiger charge is -2.24. The fourth-order valence-corrected chi connectivity index (χ4v) is 4.55. The number of thiophene rings is 1. The van der Waals surface area contributed by atoms with Gasteiger partial charge in [0.2, 0.25) is 0 Å². The van der Waals surface area contributed by atoms with Gasteiger partial charge in [0.1, 0.15) is 0 Å². The van der Waals surface area contributed by atoms with Crippen molar-refractivity contribution in [3.8, 4) is 0 Å². The summed E-state index contributed by atoms with van der Waals surface area (Å²) in [6.07, 6.45) is 9.41. The molecule has 2 fully saturated rings. The van der Waals surface area contributed by atoms with Gasteiger partial charge in [0.15, 0.2) is 0 Å². The number of aromatic nitrogens is 1. The van der Waals surface area contributed by atoms with E-state index in [1.54, 1.807) is 11.3 Å². The van der Waals surface area contributed by atoms with E-state index in [1.165, 1.54) is 32.1 Å². The Morgan fingerprint density at radius 3 is 3.00 bits per heavy atom. The molecular weight excluding hydrogens is 270 g/mol. The molecule has 0 N–H and O–H groups in total. The van der Waals surface area contributed by atoms with Crippen LogP contribution in [0, 0.1) is 0 Å². The third-order valence-electron chi connectivity index (χ3n) is 4.85. The molecular formula is C16H19NO2S. The Bertz CT molecular complexity index is 681. The van der Waals surface area contributed by atoms with Gasteiger partial charge in [-0.3, -0.25) is 4.79 Å². The first-order valence-electron chi connectivity index (χ1n) is 7.50. The summed E-state index contributed by atoms with van der Waals surface area (Å²) in [5.74, 6) is 0. The van der Waals surface area contributed by atoms with E-state index in [0.29, 0.717) is 6.54 Å². The topological polar surface area (TPSA) is 31.2 Å². The molecule has 0 amide bonds. The van der Waals surface area contributed by atoms with Gasteiger partial charge in [-0.25, -0.2) is 0 Å². The van der Waals surface area contributed by atoms with Crippen LogP contribution >= 0.6 is 11.3 Å². The highest BCUT2D eigenvalue weighted by atomic mass is 32.1. The van der Waals surface area contributed by atoms with Crippen molar-refractivity contribution in [2.24, 2.45) is 0 Å². The van der Waals surface area contributed by atoms with E-state index in [4.69, 9.17) is 4.74 Å². The maximum Gasteiger partial charge on any atom is 0.259 e. The third-order valence-corrected chi connectivity index (χ3v) is 5.73. The molecule has 0 bridgehead atoms. The number of nitrogens with zero attached hydrogens (tertiary/aromatic N) is 1. The summed E-state index contributed by atoms with van der Waals surface area (Å²) < 4.78 is 9.21. The van der Waals surface area contributed by atoms with E-state index in [2.05, 4.69) is 0 Å². The predicted octanol–water partition coefficient (Wildman–Crippen LogP) is 3.55. The van der Waals surface area contributed by atoms with Gasteiger partial charge in [-0.2, -0.15) is 0 Å². The highest BCUT2D eigenvalue weighted by molar-refractivity contribution is 7.17. The van der Waals surface area contributed by atoms with Gasteiger partial charge < -0.3 is 9.30 Å². The quantitative estimate of drug-likeness (QED) is 0.846. The van der Waals surface area contributed by atoms with Crippen molar-refractivity contribution in [1.82, 2.24) is 4.57 Å². The Kier molecular flexibility index (Phi) is 2.97. The van der Waals surface area contributed by atoms with Crippen LogP contribution in [0.3, 0.4) is 0 Å². The van der Waals surface area contributed by atoms with Gasteiger partial charge in [0, 0.05) is 10.9 Å². The van der Waals surface area contributed by atoms with Crippen LogP contribution < -0.4 is 5.56 Å². The lowest BCUT2D eigenvalue weighted by atomic mass is 9.98. The number of hydrogen-bond donors (Lipinski definition) is 0. The van der Waals surface area contributed by atoms with Gasteiger partial charge in [-0.1, -0.05) is 12.8 Å². The molecule has 0 radical (unpaired) electrons. The molecule has 20 heavy (non-hydrogen) atoms. The molecule has 1 aliphatic carbocycles. The second-order valence-electron chi connectivity index (χ2n) is 6.14. The summed E-state index contributed by atoms with van der Waals surface area (Å²) in [5, 5.41) is 2.82. The van der Waals surface area contributed by atoms with Crippen LogP contribution in [-0.2, 0) is 11.3 Å². The standard InChI is InChI=1S/C16H19NO2S/c18-15-13-5-10-20-14(13)4-9-17(15)11-12-3-8-16(19-12)6-1-2-7-16/h4-5,9-10,12H,1-3,6-8,11H2. The van der Waals surface area contributed by atoms with Crippen LogP contribution in [-0.4, -0.2) is 16.3 Å². The summed E-state index contributed by atoms with van der Waals surface area (Å²) in [6, 6.07) is 3.97. The second-order valence-corrected chi connectivity index (χ2v) is 7.09. The smallest absolute Gasteiger partial charge is 0.259 e.